The summed E-state index contributed by atoms with van der Waals surface area (Å²) in [5.74, 6) is 0. The number of aliphatic hydroxyl groups excluding tert-OH is 1. The number of hydrogen-bond donors (Lipinski definition) is 1. The maximum Gasteiger partial charge on any atom is 0.0794 e. The number of aliphatic hydroxyl groups is 1. The van der Waals surface area contributed by atoms with Gasteiger partial charge in [0, 0.05) is 0 Å². The van der Waals surface area contributed by atoms with E-state index < -0.39 is 0 Å². The Morgan fingerprint density at radius 1 is 1.14 bits per heavy atom. The molecule has 0 saturated carbocycles. The molecule has 0 bridgehead atoms. The summed E-state index contributed by atoms with van der Waals surface area (Å²) in [4.78, 5) is 0. The van der Waals surface area contributed by atoms with Crippen molar-refractivity contribution in [2.45, 2.75) is 64.9 Å². The molecule has 0 rings (SSSR count). The van der Waals surface area contributed by atoms with E-state index in [1.807, 2.05) is 6.08 Å². The fourth-order valence-electron chi connectivity index (χ4n) is 1.31. The van der Waals surface area contributed by atoms with Crippen LogP contribution in [0.3, 0.4) is 0 Å². The summed E-state index contributed by atoms with van der Waals surface area (Å²) < 4.78 is 0. The Balaban J connectivity index is 3.40. The van der Waals surface area contributed by atoms with Crippen molar-refractivity contribution in [1.29, 1.82) is 0 Å². The second-order valence-corrected chi connectivity index (χ2v) is 3.74. The van der Waals surface area contributed by atoms with E-state index in [-0.39, 0.29) is 6.10 Å². The van der Waals surface area contributed by atoms with Crippen LogP contribution in [0.1, 0.15) is 58.8 Å². The summed E-state index contributed by atoms with van der Waals surface area (Å²) in [5, 5.41) is 9.35. The number of unbranched alkanes of at least 4 members (excludes halogenated alkanes) is 4. The van der Waals surface area contributed by atoms with Gasteiger partial charge in [-0.2, -0.15) is 0 Å². The van der Waals surface area contributed by atoms with Crippen LogP contribution in [-0.4, -0.2) is 11.2 Å². The van der Waals surface area contributed by atoms with Crippen LogP contribution in [0.2, 0.25) is 0 Å². The van der Waals surface area contributed by atoms with Gasteiger partial charge in [-0.05, 0) is 31.4 Å². The Morgan fingerprint density at radius 2 is 1.93 bits per heavy atom. The second kappa shape index (κ2) is 10.6. The molecular formula is C13H24O. The molecule has 0 radical (unpaired) electrons. The molecule has 1 heteroatoms. The van der Waals surface area contributed by atoms with Crippen molar-refractivity contribution < 1.29 is 5.11 Å². The van der Waals surface area contributed by atoms with Gasteiger partial charge < -0.3 is 5.11 Å². The lowest BCUT2D eigenvalue weighted by atomic mass is 10.1. The molecule has 0 fully saturated rings. The molecule has 1 unspecified atom stereocenters. The summed E-state index contributed by atoms with van der Waals surface area (Å²) in [6, 6.07) is 0. The van der Waals surface area contributed by atoms with E-state index in [9.17, 15) is 5.11 Å². The topological polar surface area (TPSA) is 20.2 Å². The van der Waals surface area contributed by atoms with E-state index in [1.54, 1.807) is 6.08 Å². The average molecular weight is 196 g/mol. The molecule has 0 saturated heterocycles. The summed E-state index contributed by atoms with van der Waals surface area (Å²) in [6.07, 6.45) is 11.6. The van der Waals surface area contributed by atoms with Gasteiger partial charge in [-0.25, -0.2) is 0 Å². The third kappa shape index (κ3) is 9.57. The second-order valence-electron chi connectivity index (χ2n) is 3.74. The quantitative estimate of drug-likeness (QED) is 0.462. The van der Waals surface area contributed by atoms with Crippen LogP contribution < -0.4 is 0 Å². The molecule has 0 aromatic heterocycles. The van der Waals surface area contributed by atoms with Crippen LogP contribution in [0.25, 0.3) is 0 Å². The molecule has 1 nitrogen and oxygen atoms in total. The van der Waals surface area contributed by atoms with Gasteiger partial charge in [0.1, 0.15) is 0 Å². The zero-order valence-electron chi connectivity index (χ0n) is 9.63. The molecule has 0 aliphatic rings. The minimum atomic E-state index is -0.299. The van der Waals surface area contributed by atoms with Gasteiger partial charge in [-0.1, -0.05) is 39.5 Å². The fraction of sp³-hybridized carbons (Fsp3) is 0.769. The van der Waals surface area contributed by atoms with Crippen LogP contribution in [0, 0.1) is 0 Å². The van der Waals surface area contributed by atoms with E-state index in [0.29, 0.717) is 0 Å². The molecular weight excluding hydrogens is 172 g/mol. The predicted octanol–water partition coefficient (Wildman–Crippen LogP) is 3.83. The normalized spacial score (nSPS) is 11.9. The first-order chi connectivity index (χ1) is 6.81. The summed E-state index contributed by atoms with van der Waals surface area (Å²) in [5.41, 5.74) is 3.05. The van der Waals surface area contributed by atoms with Crippen molar-refractivity contribution in [2.24, 2.45) is 0 Å². The average Bonchev–Trinajstić information content (AvgIpc) is 2.17. The van der Waals surface area contributed by atoms with Crippen molar-refractivity contribution in [3.05, 3.63) is 17.9 Å². The lowest BCUT2D eigenvalue weighted by Gasteiger charge is -1.98. The maximum absolute atomic E-state index is 9.35. The van der Waals surface area contributed by atoms with Gasteiger partial charge in [0.2, 0.25) is 0 Å². The Hall–Kier alpha value is -0.520. The molecule has 1 N–H and O–H groups in total. The Kier molecular flexibility index (Phi) is 10.2. The van der Waals surface area contributed by atoms with Gasteiger partial charge in [0.15, 0.2) is 0 Å². The molecule has 0 amide bonds. The first-order valence-electron chi connectivity index (χ1n) is 5.90. The van der Waals surface area contributed by atoms with Crippen molar-refractivity contribution in [2.75, 3.05) is 0 Å². The summed E-state index contributed by atoms with van der Waals surface area (Å²) in [7, 11) is 0. The molecule has 0 spiro atoms. The lowest BCUT2D eigenvalue weighted by Crippen LogP contribution is -1.98. The standard InChI is InChI=1S/C13H24O/c1-3-5-6-7-8-9-10-12-13(14)11-4-2/h9,12-14H,3-8,11H2,1-2H3. The van der Waals surface area contributed by atoms with Gasteiger partial charge in [-0.15, -0.1) is 5.73 Å². The first-order valence-corrected chi connectivity index (χ1v) is 5.90. The van der Waals surface area contributed by atoms with E-state index in [2.05, 4.69) is 19.6 Å². The molecule has 1 atom stereocenters. The van der Waals surface area contributed by atoms with Crippen LogP contribution >= 0.6 is 0 Å². The zero-order chi connectivity index (χ0) is 10.6. The van der Waals surface area contributed by atoms with Crippen LogP contribution in [0.5, 0.6) is 0 Å². The SMILES string of the molecule is CCCCCCC=C=CC(O)CCC. The van der Waals surface area contributed by atoms with Crippen molar-refractivity contribution in [3.63, 3.8) is 0 Å². The molecule has 0 aliphatic carbocycles. The summed E-state index contributed by atoms with van der Waals surface area (Å²) >= 11 is 0. The molecule has 0 aromatic carbocycles. The van der Waals surface area contributed by atoms with Gasteiger partial charge in [0.05, 0.1) is 6.10 Å². The highest BCUT2D eigenvalue weighted by Crippen LogP contribution is 2.02. The van der Waals surface area contributed by atoms with Gasteiger partial charge in [0.25, 0.3) is 0 Å². The smallest absolute Gasteiger partial charge is 0.0794 e. The monoisotopic (exact) mass is 196 g/mol. The summed E-state index contributed by atoms with van der Waals surface area (Å²) in [6.45, 7) is 4.29. The van der Waals surface area contributed by atoms with Crippen LogP contribution in [0.15, 0.2) is 17.9 Å². The largest absolute Gasteiger partial charge is 0.388 e. The Morgan fingerprint density at radius 3 is 2.57 bits per heavy atom. The van der Waals surface area contributed by atoms with E-state index in [0.717, 1.165) is 19.3 Å². The maximum atomic E-state index is 9.35. The van der Waals surface area contributed by atoms with E-state index in [4.69, 9.17) is 0 Å². The van der Waals surface area contributed by atoms with Crippen molar-refractivity contribution >= 4 is 0 Å². The van der Waals surface area contributed by atoms with Gasteiger partial charge >= 0.3 is 0 Å². The Bertz CT molecular complexity index is 166. The van der Waals surface area contributed by atoms with Crippen LogP contribution in [0.4, 0.5) is 0 Å². The predicted molar refractivity (Wildman–Crippen MR) is 62.3 cm³/mol. The van der Waals surface area contributed by atoms with E-state index in [1.165, 1.54) is 25.7 Å². The minimum absolute atomic E-state index is 0.299. The van der Waals surface area contributed by atoms with E-state index >= 15 is 0 Å². The highest BCUT2D eigenvalue weighted by atomic mass is 16.3. The third-order valence-electron chi connectivity index (χ3n) is 2.19. The first kappa shape index (κ1) is 13.5. The highest BCUT2D eigenvalue weighted by molar-refractivity contribution is 4.89. The number of hydrogen-bond acceptors (Lipinski definition) is 1. The lowest BCUT2D eigenvalue weighted by molar-refractivity contribution is 0.212. The molecule has 0 aliphatic heterocycles. The zero-order valence-corrected chi connectivity index (χ0v) is 9.63. The van der Waals surface area contributed by atoms with Crippen LogP contribution in [-0.2, 0) is 0 Å². The molecule has 0 heterocycles. The highest BCUT2D eigenvalue weighted by Gasteiger charge is 1.93. The minimum Gasteiger partial charge on any atom is -0.388 e. The number of rotatable bonds is 8. The molecule has 14 heavy (non-hydrogen) atoms. The molecule has 0 aromatic rings. The third-order valence-corrected chi connectivity index (χ3v) is 2.19. The molecule has 82 valence electrons. The van der Waals surface area contributed by atoms with Crippen molar-refractivity contribution in [3.8, 4) is 0 Å². The Labute approximate surface area is 88.5 Å². The fourth-order valence-corrected chi connectivity index (χ4v) is 1.31. The van der Waals surface area contributed by atoms with Gasteiger partial charge in [-0.3, -0.25) is 0 Å². The van der Waals surface area contributed by atoms with Crippen molar-refractivity contribution in [1.82, 2.24) is 0 Å².